The van der Waals surface area contributed by atoms with Gasteiger partial charge in [0.05, 0.1) is 19.1 Å². The molecule has 6 heteroatoms. The normalized spacial score (nSPS) is 14.9. The Morgan fingerprint density at radius 2 is 1.62 bits per heavy atom. The van der Waals surface area contributed by atoms with Gasteiger partial charge in [-0.3, -0.25) is 14.4 Å². The number of benzene rings is 2. The van der Waals surface area contributed by atoms with E-state index in [9.17, 15) is 14.4 Å². The number of hydrogen-bond acceptors (Lipinski definition) is 5. The van der Waals surface area contributed by atoms with Crippen molar-refractivity contribution in [2.45, 2.75) is 54.9 Å². The van der Waals surface area contributed by atoms with Crippen molar-refractivity contribution in [2.75, 3.05) is 19.8 Å². The molecule has 0 fully saturated rings. The van der Waals surface area contributed by atoms with Gasteiger partial charge < -0.3 is 14.8 Å². The molecule has 2 aromatic rings. The van der Waals surface area contributed by atoms with Crippen molar-refractivity contribution in [1.29, 1.82) is 0 Å². The highest BCUT2D eigenvalue weighted by Gasteiger charge is 2.22. The van der Waals surface area contributed by atoms with E-state index in [1.165, 1.54) is 6.92 Å². The Morgan fingerprint density at radius 1 is 1.05 bits per heavy atom. The average molecular weight is 548 g/mol. The van der Waals surface area contributed by atoms with Crippen LogP contribution in [0.1, 0.15) is 65.2 Å². The van der Waals surface area contributed by atoms with Crippen LogP contribution in [0, 0.1) is 11.8 Å². The molecule has 2 aromatic carbocycles. The minimum atomic E-state index is -0.589. The number of ketones is 2. The van der Waals surface area contributed by atoms with Gasteiger partial charge in [-0.05, 0) is 75.9 Å². The third-order valence-corrected chi connectivity index (χ3v) is 6.21. The second-order valence-corrected chi connectivity index (χ2v) is 9.14. The first-order chi connectivity index (χ1) is 19.2. The largest absolute Gasteiger partial charge is 0.494 e. The van der Waals surface area contributed by atoms with Crippen LogP contribution in [0.25, 0.3) is 11.1 Å². The van der Waals surface area contributed by atoms with Crippen LogP contribution in [0.15, 0.2) is 84.7 Å². The van der Waals surface area contributed by atoms with E-state index in [1.807, 2.05) is 88.4 Å². The van der Waals surface area contributed by atoms with Crippen LogP contribution in [0.4, 0.5) is 0 Å². The van der Waals surface area contributed by atoms with Gasteiger partial charge in [-0.2, -0.15) is 0 Å². The van der Waals surface area contributed by atoms with E-state index in [-0.39, 0.29) is 23.4 Å². The summed E-state index contributed by atoms with van der Waals surface area (Å²) in [5.74, 6) is 1.06. The predicted octanol–water partition coefficient (Wildman–Crippen LogP) is 7.36. The molecule has 6 nitrogen and oxygen atoms in total. The number of rotatable bonds is 10. The minimum Gasteiger partial charge on any atom is -0.494 e. The van der Waals surface area contributed by atoms with Gasteiger partial charge in [-0.25, -0.2) is 0 Å². The summed E-state index contributed by atoms with van der Waals surface area (Å²) in [6.07, 6.45) is 6.51. The topological polar surface area (TPSA) is 81.7 Å². The second kappa shape index (κ2) is 18.4. The van der Waals surface area contributed by atoms with E-state index in [0.29, 0.717) is 19.8 Å². The van der Waals surface area contributed by atoms with E-state index >= 15 is 0 Å². The summed E-state index contributed by atoms with van der Waals surface area (Å²) in [5, 5.41) is 2.82. The number of hydrogen-bond donors (Lipinski definition) is 1. The molecule has 216 valence electrons. The highest BCUT2D eigenvalue weighted by atomic mass is 16.5. The zero-order chi connectivity index (χ0) is 30.1. The Hall–Kier alpha value is -3.93. The summed E-state index contributed by atoms with van der Waals surface area (Å²) in [6.45, 7) is 18.0. The smallest absolute Gasteiger partial charge is 0.230 e. The number of amides is 1. The summed E-state index contributed by atoms with van der Waals surface area (Å²) in [5.41, 5.74) is 4.05. The van der Waals surface area contributed by atoms with Gasteiger partial charge in [0.25, 0.3) is 0 Å². The molecule has 0 aromatic heterocycles. The lowest BCUT2D eigenvalue weighted by atomic mass is 9.95. The Balaban J connectivity index is 0.000000378. The van der Waals surface area contributed by atoms with Crippen LogP contribution in [-0.4, -0.2) is 37.2 Å². The molecular weight excluding hydrogens is 502 g/mol. The van der Waals surface area contributed by atoms with Gasteiger partial charge in [-0.1, -0.05) is 69.0 Å². The van der Waals surface area contributed by atoms with Crippen molar-refractivity contribution in [3.63, 3.8) is 0 Å². The third kappa shape index (κ3) is 11.0. The first-order valence-corrected chi connectivity index (χ1v) is 13.9. The summed E-state index contributed by atoms with van der Waals surface area (Å²) < 4.78 is 11.0. The van der Waals surface area contributed by atoms with Crippen LogP contribution < -0.4 is 10.1 Å². The fraction of sp³-hybridized carbons (Fsp3) is 0.382. The zero-order valence-corrected chi connectivity index (χ0v) is 25.1. The maximum atomic E-state index is 11.7. The van der Waals surface area contributed by atoms with Crippen molar-refractivity contribution in [3.05, 3.63) is 90.2 Å². The van der Waals surface area contributed by atoms with E-state index < -0.39 is 5.92 Å². The second-order valence-electron chi connectivity index (χ2n) is 9.14. The number of carbonyl (C=O) groups excluding carboxylic acids is 3. The molecule has 0 aliphatic carbocycles. The molecule has 1 heterocycles. The maximum absolute atomic E-state index is 11.7. The van der Waals surface area contributed by atoms with Crippen LogP contribution in [0.2, 0.25) is 0 Å². The van der Waals surface area contributed by atoms with Crippen molar-refractivity contribution >= 4 is 17.5 Å². The first-order valence-electron chi connectivity index (χ1n) is 13.9. The summed E-state index contributed by atoms with van der Waals surface area (Å²) >= 11 is 0. The lowest BCUT2D eigenvalue weighted by Crippen LogP contribution is -2.37. The molecule has 0 saturated heterocycles. The molecule has 1 N–H and O–H groups in total. The highest BCUT2D eigenvalue weighted by Crippen LogP contribution is 2.25. The monoisotopic (exact) mass is 547 g/mol. The molecule has 2 unspecified atom stereocenters. The molecule has 0 saturated carbocycles. The first kappa shape index (κ1) is 34.1. The number of allylic oxidation sites excluding steroid dienone is 4. The van der Waals surface area contributed by atoms with Crippen molar-refractivity contribution in [2.24, 2.45) is 11.8 Å². The lowest BCUT2D eigenvalue weighted by molar-refractivity contribution is -0.132. The van der Waals surface area contributed by atoms with Crippen LogP contribution in [0.3, 0.4) is 0 Å². The van der Waals surface area contributed by atoms with Gasteiger partial charge in [0.1, 0.15) is 17.3 Å². The third-order valence-electron chi connectivity index (χ3n) is 6.21. The minimum absolute atomic E-state index is 0.0910. The Bertz CT molecular complexity index is 1160. The summed E-state index contributed by atoms with van der Waals surface area (Å²) in [7, 11) is 0. The fourth-order valence-electron chi connectivity index (χ4n) is 3.83. The molecule has 1 aliphatic heterocycles. The van der Waals surface area contributed by atoms with Crippen LogP contribution >= 0.6 is 0 Å². The number of carbonyl (C=O) groups is 3. The number of Topliss-reactive ketones (excluding diaryl/α,β-unsaturated/α-hetero) is 2. The quantitative estimate of drug-likeness (QED) is 0.248. The van der Waals surface area contributed by atoms with Crippen molar-refractivity contribution in [3.8, 4) is 16.9 Å². The van der Waals surface area contributed by atoms with E-state index in [2.05, 4.69) is 11.9 Å². The Kier molecular flexibility index (Phi) is 15.7. The number of nitrogens with one attached hydrogen (secondary N) is 1. The molecule has 1 amide bonds. The van der Waals surface area contributed by atoms with Gasteiger partial charge in [-0.15, -0.1) is 0 Å². The molecule has 40 heavy (non-hydrogen) atoms. The van der Waals surface area contributed by atoms with Gasteiger partial charge in [0, 0.05) is 18.0 Å². The summed E-state index contributed by atoms with van der Waals surface area (Å²) in [6, 6.07) is 15.6. The number of ether oxygens (including phenoxy) is 2. The van der Waals surface area contributed by atoms with Crippen LogP contribution in [-0.2, 0) is 14.3 Å². The molecule has 1 aliphatic rings. The van der Waals surface area contributed by atoms with Crippen molar-refractivity contribution in [1.82, 2.24) is 5.32 Å². The predicted molar refractivity (Wildman–Crippen MR) is 163 cm³/mol. The lowest BCUT2D eigenvalue weighted by Gasteiger charge is -2.26. The SMILES string of the molecule is C=CC1=C(/C=C\C)CC(CNC(=O)C(C)C(C)=O)CO1.CC.CCOc1ccc(-c2ccc(C(C)=O)cc2)cc1. The molecule has 0 spiro atoms. The van der Waals surface area contributed by atoms with E-state index in [1.54, 1.807) is 19.9 Å². The van der Waals surface area contributed by atoms with Gasteiger partial charge >= 0.3 is 0 Å². The molecule has 3 rings (SSSR count). The Morgan fingerprint density at radius 3 is 2.10 bits per heavy atom. The molecule has 0 bridgehead atoms. The fourth-order valence-corrected chi connectivity index (χ4v) is 3.83. The van der Waals surface area contributed by atoms with Gasteiger partial charge in [0.15, 0.2) is 5.78 Å². The van der Waals surface area contributed by atoms with E-state index in [4.69, 9.17) is 9.47 Å². The average Bonchev–Trinajstić information content (AvgIpc) is 2.97. The molecule has 2 atom stereocenters. The highest BCUT2D eigenvalue weighted by molar-refractivity contribution is 5.99. The van der Waals surface area contributed by atoms with Crippen LogP contribution in [0.5, 0.6) is 5.75 Å². The maximum Gasteiger partial charge on any atom is 0.230 e. The van der Waals surface area contributed by atoms with Gasteiger partial charge in [0.2, 0.25) is 5.91 Å². The molecular formula is C34H45NO5. The van der Waals surface area contributed by atoms with E-state index in [0.717, 1.165) is 40.2 Å². The summed E-state index contributed by atoms with van der Waals surface area (Å²) in [4.78, 5) is 34.1. The zero-order valence-electron chi connectivity index (χ0n) is 25.1. The molecule has 0 radical (unpaired) electrons. The Labute approximate surface area is 240 Å². The van der Waals surface area contributed by atoms with Crippen molar-refractivity contribution < 1.29 is 23.9 Å². The standard InChI is InChI=1S/C16H23NO3.C16H16O2.C2H6/c1-5-7-14-8-13(10-20-15(14)6-2)9-17-16(19)11(3)12(4)18;1-3-18-16-10-8-15(9-11-16)14-6-4-13(5-7-14)12(2)17;1-2/h5-7,11,13H,2,8-10H2,1,3-4H3,(H,17,19);4-11H,3H2,1-2H3;1-2H3/b7-5-;;.